The van der Waals surface area contributed by atoms with Crippen LogP contribution in [0, 0.1) is 23.7 Å². The number of aliphatic hydroxyl groups excluding tert-OH is 2. The lowest BCUT2D eigenvalue weighted by Gasteiger charge is -2.29. The summed E-state index contributed by atoms with van der Waals surface area (Å²) in [4.78, 5) is 107. The zero-order valence-corrected chi connectivity index (χ0v) is 41.9. The molecule has 0 spiro atoms. The number of aromatic hydroxyl groups is 1. The molecule has 67 heavy (non-hydrogen) atoms. The Balaban J connectivity index is 3.04. The SMILES string of the molecule is CSCC[C@H](NC(=O)[C@@H](NC(=O)[C@H](CC(C)C)NC(=O)[C@H](CC(C)C)NC(=O)CNC(=O)[C@H](C)NC(=O)[C@H](CC(C)C)NC(=O)[C@@H](N)Cc1ccc(O)cc1)[C@@H](C)O)C(=O)N[C@H](CO)C(C)C. The number of amides is 8. The van der Waals surface area contributed by atoms with Crippen molar-refractivity contribution in [3.8, 4) is 5.75 Å². The lowest BCUT2D eigenvalue weighted by atomic mass is 9.99. The lowest BCUT2D eigenvalue weighted by Crippen LogP contribution is -2.61. The van der Waals surface area contributed by atoms with Crippen LogP contribution < -0.4 is 48.3 Å². The van der Waals surface area contributed by atoms with Crippen LogP contribution in [0.2, 0.25) is 0 Å². The summed E-state index contributed by atoms with van der Waals surface area (Å²) in [5.74, 6) is -5.39. The van der Waals surface area contributed by atoms with Gasteiger partial charge in [0.1, 0.15) is 42.0 Å². The fourth-order valence-corrected chi connectivity index (χ4v) is 7.19. The van der Waals surface area contributed by atoms with Gasteiger partial charge in [-0.1, -0.05) is 67.5 Å². The summed E-state index contributed by atoms with van der Waals surface area (Å²) in [7, 11) is 0. The molecule has 21 heteroatoms. The molecule has 0 bridgehead atoms. The molecule has 0 aliphatic rings. The molecule has 1 aromatic rings. The highest BCUT2D eigenvalue weighted by molar-refractivity contribution is 7.98. The van der Waals surface area contributed by atoms with E-state index in [-0.39, 0.29) is 68.1 Å². The Morgan fingerprint density at radius 1 is 0.597 bits per heavy atom. The monoisotopic (exact) mass is 966 g/mol. The standard InChI is InChI=1S/C46H79N9O11S/c1-24(2)18-34(50-38(59)22-48-40(60)28(9)49-43(63)35(19-25(3)4)52-41(61)32(47)21-30-12-14-31(58)15-13-30)44(64)53-36(20-26(5)6)45(65)55-39(29(10)57)46(66)51-33(16-17-67-11)42(62)54-37(23-56)27(7)8/h12-15,24-29,32-37,39,56-58H,16-23,47H2,1-11H3,(H,48,60)(H,49,63)(H,50,59)(H,51,66)(H,52,61)(H,53,64)(H,54,62)(H,55,65)/t28-,29+,32-,33-,34-,35-,36-,37+,39-/m0/s1. The molecule has 380 valence electrons. The highest BCUT2D eigenvalue weighted by atomic mass is 32.2. The van der Waals surface area contributed by atoms with Gasteiger partial charge in [-0.05, 0) is 99.3 Å². The topological polar surface area (TPSA) is 320 Å². The van der Waals surface area contributed by atoms with Crippen molar-refractivity contribution >= 4 is 59.0 Å². The number of nitrogens with one attached hydrogen (secondary N) is 8. The van der Waals surface area contributed by atoms with Crippen LogP contribution in [-0.2, 0) is 44.8 Å². The van der Waals surface area contributed by atoms with E-state index in [1.165, 1.54) is 37.7 Å². The molecule has 1 aromatic carbocycles. The second-order valence-corrected chi connectivity index (χ2v) is 19.7. The molecule has 13 N–H and O–H groups in total. The van der Waals surface area contributed by atoms with Gasteiger partial charge in [-0.3, -0.25) is 38.4 Å². The first-order valence-corrected chi connectivity index (χ1v) is 24.4. The minimum Gasteiger partial charge on any atom is -0.508 e. The van der Waals surface area contributed by atoms with Crippen LogP contribution in [0.1, 0.15) is 100 Å². The average Bonchev–Trinajstić information content (AvgIpc) is 3.23. The normalized spacial score (nSPS) is 15.5. The smallest absolute Gasteiger partial charge is 0.245 e. The number of rotatable bonds is 30. The van der Waals surface area contributed by atoms with Crippen LogP contribution in [0.4, 0.5) is 0 Å². The Labute approximate surface area is 400 Å². The Hall–Kier alpha value is -4.99. The largest absolute Gasteiger partial charge is 0.508 e. The zero-order valence-electron chi connectivity index (χ0n) is 41.1. The van der Waals surface area contributed by atoms with Crippen molar-refractivity contribution in [1.82, 2.24) is 42.5 Å². The molecule has 0 aromatic heterocycles. The number of hydrogen-bond donors (Lipinski definition) is 12. The summed E-state index contributed by atoms with van der Waals surface area (Å²) in [6.07, 6.45) is 1.28. The highest BCUT2D eigenvalue weighted by Gasteiger charge is 2.35. The highest BCUT2D eigenvalue weighted by Crippen LogP contribution is 2.13. The van der Waals surface area contributed by atoms with Crippen molar-refractivity contribution in [1.29, 1.82) is 0 Å². The molecule has 8 amide bonds. The number of carbonyl (C=O) groups excluding carboxylic acids is 8. The number of aliphatic hydroxyl groups is 2. The summed E-state index contributed by atoms with van der Waals surface area (Å²) in [6.45, 7) is 16.4. The Kier molecular flexibility index (Phi) is 27.2. The lowest BCUT2D eigenvalue weighted by molar-refractivity contribution is -0.136. The van der Waals surface area contributed by atoms with Crippen LogP contribution in [0.3, 0.4) is 0 Å². The third-order valence-corrected chi connectivity index (χ3v) is 11.2. The summed E-state index contributed by atoms with van der Waals surface area (Å²) in [5.41, 5.74) is 6.82. The molecule has 0 aliphatic heterocycles. The van der Waals surface area contributed by atoms with Gasteiger partial charge in [-0.25, -0.2) is 0 Å². The van der Waals surface area contributed by atoms with Gasteiger partial charge in [0.05, 0.1) is 31.3 Å². The predicted octanol–water partition coefficient (Wildman–Crippen LogP) is -0.288. The molecule has 0 saturated heterocycles. The molecular formula is C46H79N9O11S. The maximum Gasteiger partial charge on any atom is 0.245 e. The number of carbonyl (C=O) groups is 8. The summed E-state index contributed by atoms with van der Waals surface area (Å²) in [5, 5.41) is 50.8. The number of phenolic OH excluding ortho intramolecular Hbond substituents is 1. The molecule has 0 fully saturated rings. The van der Waals surface area contributed by atoms with E-state index < -0.39 is 108 Å². The van der Waals surface area contributed by atoms with Crippen molar-refractivity contribution in [2.75, 3.05) is 25.2 Å². The fraction of sp³-hybridized carbons (Fsp3) is 0.696. The molecule has 9 atom stereocenters. The molecule has 0 saturated carbocycles. The van der Waals surface area contributed by atoms with Crippen LogP contribution in [0.5, 0.6) is 5.75 Å². The van der Waals surface area contributed by atoms with E-state index in [0.717, 1.165) is 0 Å². The van der Waals surface area contributed by atoms with Crippen molar-refractivity contribution in [2.24, 2.45) is 29.4 Å². The van der Waals surface area contributed by atoms with E-state index in [4.69, 9.17) is 5.73 Å². The average molecular weight is 966 g/mol. The second-order valence-electron chi connectivity index (χ2n) is 18.7. The van der Waals surface area contributed by atoms with Gasteiger partial charge in [0.25, 0.3) is 0 Å². The number of benzene rings is 1. The van der Waals surface area contributed by atoms with E-state index >= 15 is 0 Å². The number of thioether (sulfide) groups is 1. The van der Waals surface area contributed by atoms with Gasteiger partial charge in [-0.15, -0.1) is 0 Å². The van der Waals surface area contributed by atoms with Crippen LogP contribution in [-0.4, -0.2) is 142 Å². The van der Waals surface area contributed by atoms with E-state index in [1.54, 1.807) is 12.1 Å². The van der Waals surface area contributed by atoms with Gasteiger partial charge >= 0.3 is 0 Å². The molecule has 0 heterocycles. The Bertz CT molecular complexity index is 1760. The third-order valence-electron chi connectivity index (χ3n) is 10.6. The predicted molar refractivity (Wildman–Crippen MR) is 257 cm³/mol. The van der Waals surface area contributed by atoms with E-state index in [2.05, 4.69) is 42.5 Å². The number of hydrogen-bond acceptors (Lipinski definition) is 13. The van der Waals surface area contributed by atoms with Gasteiger partial charge in [-0.2, -0.15) is 11.8 Å². The van der Waals surface area contributed by atoms with Gasteiger partial charge < -0.3 is 63.6 Å². The van der Waals surface area contributed by atoms with Crippen molar-refractivity contribution in [3.63, 3.8) is 0 Å². The maximum atomic E-state index is 13.8. The van der Waals surface area contributed by atoms with Crippen LogP contribution in [0.25, 0.3) is 0 Å². The van der Waals surface area contributed by atoms with Crippen LogP contribution in [0.15, 0.2) is 24.3 Å². The van der Waals surface area contributed by atoms with Crippen molar-refractivity contribution in [2.45, 2.75) is 156 Å². The van der Waals surface area contributed by atoms with E-state index in [9.17, 15) is 53.7 Å². The quantitative estimate of drug-likeness (QED) is 0.0473. The minimum absolute atomic E-state index is 0.0267. The van der Waals surface area contributed by atoms with Gasteiger partial charge in [0.2, 0.25) is 47.3 Å². The zero-order chi connectivity index (χ0) is 51.1. The molecule has 0 aliphatic carbocycles. The van der Waals surface area contributed by atoms with E-state index in [0.29, 0.717) is 11.3 Å². The molecule has 0 unspecified atom stereocenters. The Morgan fingerprint density at radius 3 is 1.54 bits per heavy atom. The van der Waals surface area contributed by atoms with E-state index in [1.807, 2.05) is 61.6 Å². The summed E-state index contributed by atoms with van der Waals surface area (Å²) >= 11 is 1.45. The molecule has 1 rings (SSSR count). The first-order chi connectivity index (χ1) is 31.3. The molecule has 20 nitrogen and oxygen atoms in total. The minimum atomic E-state index is -1.52. The fourth-order valence-electron chi connectivity index (χ4n) is 6.72. The maximum absolute atomic E-state index is 13.8. The van der Waals surface area contributed by atoms with Crippen molar-refractivity contribution in [3.05, 3.63) is 29.8 Å². The van der Waals surface area contributed by atoms with Crippen LogP contribution >= 0.6 is 11.8 Å². The summed E-state index contributed by atoms with van der Waals surface area (Å²) in [6, 6.07) is -2.47. The van der Waals surface area contributed by atoms with Gasteiger partial charge in [0.15, 0.2) is 0 Å². The van der Waals surface area contributed by atoms with Gasteiger partial charge in [0, 0.05) is 0 Å². The number of nitrogens with two attached hydrogens (primary N) is 1. The first-order valence-electron chi connectivity index (χ1n) is 23.0. The summed E-state index contributed by atoms with van der Waals surface area (Å²) < 4.78 is 0. The third kappa shape index (κ3) is 23.0. The number of phenols is 1. The molecule has 0 radical (unpaired) electrons. The first kappa shape index (κ1) is 60.0. The molecular weight excluding hydrogens is 887 g/mol. The second kappa shape index (κ2) is 30.4. The van der Waals surface area contributed by atoms with Crippen molar-refractivity contribution < 1.29 is 53.7 Å². The Morgan fingerprint density at radius 2 is 1.06 bits per heavy atom.